The lowest BCUT2D eigenvalue weighted by Gasteiger charge is -2.12. The van der Waals surface area contributed by atoms with Gasteiger partial charge < -0.3 is 9.47 Å². The molecule has 0 bridgehead atoms. The highest BCUT2D eigenvalue weighted by atomic mass is 32.2. The molecule has 0 amide bonds. The van der Waals surface area contributed by atoms with Crippen LogP contribution in [0.25, 0.3) is 0 Å². The molecule has 0 aliphatic carbocycles. The van der Waals surface area contributed by atoms with Crippen molar-refractivity contribution in [2.75, 3.05) is 26.6 Å². The standard InChI is InChI=1S/C17H18O3S/c1-19-11-12-20-15-9-5-3-7-13(15)17(18)14-8-4-6-10-16(14)21-2/h3-10H,11-12H2,1-2H3. The third-order valence-electron chi connectivity index (χ3n) is 3.03. The molecular formula is C17H18O3S. The second-order valence-electron chi connectivity index (χ2n) is 4.37. The minimum absolute atomic E-state index is 0.0204. The molecule has 0 atom stereocenters. The number of rotatable bonds is 7. The predicted molar refractivity (Wildman–Crippen MR) is 85.5 cm³/mol. The average Bonchev–Trinajstić information content (AvgIpc) is 2.55. The van der Waals surface area contributed by atoms with E-state index in [0.29, 0.717) is 30.1 Å². The highest BCUT2D eigenvalue weighted by molar-refractivity contribution is 7.98. The first-order valence-corrected chi connectivity index (χ1v) is 7.89. The molecule has 0 heterocycles. The molecule has 0 aromatic heterocycles. The van der Waals surface area contributed by atoms with E-state index in [-0.39, 0.29) is 5.78 Å². The summed E-state index contributed by atoms with van der Waals surface area (Å²) in [6.45, 7) is 0.912. The number of carbonyl (C=O) groups excluding carboxylic acids is 1. The Bertz CT molecular complexity index is 610. The number of benzene rings is 2. The van der Waals surface area contributed by atoms with Gasteiger partial charge in [-0.25, -0.2) is 0 Å². The van der Waals surface area contributed by atoms with Gasteiger partial charge >= 0.3 is 0 Å². The predicted octanol–water partition coefficient (Wildman–Crippen LogP) is 3.66. The van der Waals surface area contributed by atoms with Gasteiger partial charge in [-0.2, -0.15) is 0 Å². The molecule has 2 aromatic rings. The van der Waals surface area contributed by atoms with E-state index in [1.807, 2.05) is 48.7 Å². The minimum Gasteiger partial charge on any atom is -0.490 e. The van der Waals surface area contributed by atoms with Crippen molar-refractivity contribution in [3.05, 3.63) is 59.7 Å². The number of carbonyl (C=O) groups is 1. The highest BCUT2D eigenvalue weighted by Gasteiger charge is 2.16. The van der Waals surface area contributed by atoms with Crippen molar-refractivity contribution in [2.24, 2.45) is 0 Å². The first kappa shape index (κ1) is 15.6. The van der Waals surface area contributed by atoms with Gasteiger partial charge in [-0.3, -0.25) is 4.79 Å². The lowest BCUT2D eigenvalue weighted by Crippen LogP contribution is -2.09. The maximum absolute atomic E-state index is 12.8. The van der Waals surface area contributed by atoms with E-state index < -0.39 is 0 Å². The summed E-state index contributed by atoms with van der Waals surface area (Å²) in [7, 11) is 1.62. The van der Waals surface area contributed by atoms with Gasteiger partial charge in [-0.15, -0.1) is 11.8 Å². The van der Waals surface area contributed by atoms with Crippen LogP contribution in [0.4, 0.5) is 0 Å². The van der Waals surface area contributed by atoms with Crippen LogP contribution in [0, 0.1) is 0 Å². The zero-order valence-corrected chi connectivity index (χ0v) is 13.0. The summed E-state index contributed by atoms with van der Waals surface area (Å²) in [5.74, 6) is 0.573. The summed E-state index contributed by atoms with van der Waals surface area (Å²) in [5.41, 5.74) is 1.28. The first-order chi connectivity index (χ1) is 10.3. The van der Waals surface area contributed by atoms with Crippen LogP contribution >= 0.6 is 11.8 Å². The van der Waals surface area contributed by atoms with Gasteiger partial charge in [0.25, 0.3) is 0 Å². The smallest absolute Gasteiger partial charge is 0.197 e. The van der Waals surface area contributed by atoms with Crippen LogP contribution in [0.1, 0.15) is 15.9 Å². The van der Waals surface area contributed by atoms with Crippen molar-refractivity contribution in [1.29, 1.82) is 0 Å². The quantitative estimate of drug-likeness (QED) is 0.444. The molecule has 4 heteroatoms. The summed E-state index contributed by atoms with van der Waals surface area (Å²) in [4.78, 5) is 13.7. The number of para-hydroxylation sites is 1. The van der Waals surface area contributed by atoms with Crippen molar-refractivity contribution in [3.8, 4) is 5.75 Å². The van der Waals surface area contributed by atoms with Crippen molar-refractivity contribution < 1.29 is 14.3 Å². The minimum atomic E-state index is -0.0204. The fourth-order valence-corrected chi connectivity index (χ4v) is 2.59. The molecule has 110 valence electrons. The Morgan fingerprint density at radius 1 is 1.00 bits per heavy atom. The summed E-state index contributed by atoms with van der Waals surface area (Å²) in [6.07, 6.45) is 1.97. The molecule has 0 saturated heterocycles. The second kappa shape index (κ2) is 7.86. The van der Waals surface area contributed by atoms with Gasteiger partial charge in [0.1, 0.15) is 12.4 Å². The molecule has 0 spiro atoms. The number of hydrogen-bond donors (Lipinski definition) is 0. The summed E-state index contributed by atoms with van der Waals surface area (Å²) in [5, 5.41) is 0. The fraction of sp³-hybridized carbons (Fsp3) is 0.235. The molecule has 0 saturated carbocycles. The van der Waals surface area contributed by atoms with Crippen LogP contribution in [0.15, 0.2) is 53.4 Å². The molecule has 0 fully saturated rings. The molecule has 0 unspecified atom stereocenters. The number of ketones is 1. The Morgan fingerprint density at radius 3 is 2.38 bits per heavy atom. The largest absolute Gasteiger partial charge is 0.490 e. The highest BCUT2D eigenvalue weighted by Crippen LogP contribution is 2.26. The van der Waals surface area contributed by atoms with Gasteiger partial charge in [-0.05, 0) is 30.5 Å². The van der Waals surface area contributed by atoms with Gasteiger partial charge in [0.2, 0.25) is 0 Å². The Labute approximate surface area is 129 Å². The lowest BCUT2D eigenvalue weighted by molar-refractivity contribution is 0.102. The van der Waals surface area contributed by atoms with E-state index in [4.69, 9.17) is 9.47 Å². The van der Waals surface area contributed by atoms with Crippen molar-refractivity contribution in [3.63, 3.8) is 0 Å². The van der Waals surface area contributed by atoms with E-state index in [0.717, 1.165) is 4.90 Å². The molecule has 21 heavy (non-hydrogen) atoms. The lowest BCUT2D eigenvalue weighted by atomic mass is 10.0. The van der Waals surface area contributed by atoms with E-state index >= 15 is 0 Å². The van der Waals surface area contributed by atoms with Gasteiger partial charge in [-0.1, -0.05) is 24.3 Å². The van der Waals surface area contributed by atoms with Gasteiger partial charge in [0, 0.05) is 17.6 Å². The summed E-state index contributed by atoms with van der Waals surface area (Å²) in [6, 6.07) is 14.9. The zero-order valence-electron chi connectivity index (χ0n) is 12.2. The molecule has 0 aliphatic rings. The molecule has 0 N–H and O–H groups in total. The number of ether oxygens (including phenoxy) is 2. The van der Waals surface area contributed by atoms with Crippen molar-refractivity contribution in [1.82, 2.24) is 0 Å². The van der Waals surface area contributed by atoms with Gasteiger partial charge in [0.05, 0.1) is 12.2 Å². The van der Waals surface area contributed by atoms with E-state index in [1.54, 1.807) is 24.9 Å². The Kier molecular flexibility index (Phi) is 5.84. The molecule has 0 radical (unpaired) electrons. The average molecular weight is 302 g/mol. The Balaban J connectivity index is 2.30. The summed E-state index contributed by atoms with van der Waals surface area (Å²) < 4.78 is 10.6. The molecule has 2 rings (SSSR count). The van der Waals surface area contributed by atoms with Crippen molar-refractivity contribution in [2.45, 2.75) is 4.90 Å². The Hall–Kier alpha value is -1.78. The van der Waals surface area contributed by atoms with Crippen LogP contribution in [-0.2, 0) is 4.74 Å². The topological polar surface area (TPSA) is 35.5 Å². The third kappa shape index (κ3) is 3.86. The molecule has 3 nitrogen and oxygen atoms in total. The number of thioether (sulfide) groups is 1. The van der Waals surface area contributed by atoms with E-state index in [9.17, 15) is 4.79 Å². The molecule has 0 aliphatic heterocycles. The molecular weight excluding hydrogens is 284 g/mol. The van der Waals surface area contributed by atoms with Crippen LogP contribution < -0.4 is 4.74 Å². The van der Waals surface area contributed by atoms with Crippen molar-refractivity contribution >= 4 is 17.5 Å². The number of methoxy groups -OCH3 is 1. The Morgan fingerprint density at radius 2 is 1.67 bits per heavy atom. The van der Waals surface area contributed by atoms with Crippen LogP contribution in [0.2, 0.25) is 0 Å². The summed E-state index contributed by atoms with van der Waals surface area (Å²) >= 11 is 1.56. The molecule has 2 aromatic carbocycles. The maximum atomic E-state index is 12.8. The SMILES string of the molecule is COCCOc1ccccc1C(=O)c1ccccc1SC. The number of hydrogen-bond acceptors (Lipinski definition) is 4. The first-order valence-electron chi connectivity index (χ1n) is 6.66. The normalized spacial score (nSPS) is 10.4. The van der Waals surface area contributed by atoms with Gasteiger partial charge in [0.15, 0.2) is 5.78 Å². The van der Waals surface area contributed by atoms with E-state index in [1.165, 1.54) is 0 Å². The van der Waals surface area contributed by atoms with Crippen LogP contribution in [0.5, 0.6) is 5.75 Å². The zero-order chi connectivity index (χ0) is 15.1. The van der Waals surface area contributed by atoms with Crippen LogP contribution in [0.3, 0.4) is 0 Å². The fourth-order valence-electron chi connectivity index (χ4n) is 1.99. The van der Waals surface area contributed by atoms with E-state index in [2.05, 4.69) is 0 Å². The monoisotopic (exact) mass is 302 g/mol. The second-order valence-corrected chi connectivity index (χ2v) is 5.21. The van der Waals surface area contributed by atoms with Crippen LogP contribution in [-0.4, -0.2) is 32.4 Å². The maximum Gasteiger partial charge on any atom is 0.197 e. The third-order valence-corrected chi connectivity index (χ3v) is 3.82.